The highest BCUT2D eigenvalue weighted by Crippen LogP contribution is 2.29. The molecule has 0 saturated carbocycles. The van der Waals surface area contributed by atoms with Crippen LogP contribution in [0.1, 0.15) is 6.92 Å². The van der Waals surface area contributed by atoms with Gasteiger partial charge in [-0.2, -0.15) is 0 Å². The van der Waals surface area contributed by atoms with E-state index in [0.29, 0.717) is 13.2 Å². The van der Waals surface area contributed by atoms with Gasteiger partial charge in [-0.05, 0) is 6.92 Å². The largest absolute Gasteiger partial charge is 0.373 e. The van der Waals surface area contributed by atoms with E-state index in [9.17, 15) is 18.9 Å². The molecule has 0 spiro atoms. The summed E-state index contributed by atoms with van der Waals surface area (Å²) in [5.41, 5.74) is 4.83. The molecular weight excluding hydrogens is 272 g/mol. The summed E-state index contributed by atoms with van der Waals surface area (Å²) in [5.74, 6) is -1.91. The molecule has 2 atom stereocenters. The highest BCUT2D eigenvalue weighted by Gasteiger charge is 2.28. The molecule has 0 amide bonds. The van der Waals surface area contributed by atoms with E-state index in [1.807, 2.05) is 0 Å². The number of nitro groups is 1. The molecule has 1 aliphatic heterocycles. The summed E-state index contributed by atoms with van der Waals surface area (Å²) in [6, 6.07) is 1.16. The number of morpholine rings is 1. The summed E-state index contributed by atoms with van der Waals surface area (Å²) in [5, 5.41) is 10.6. The molecule has 20 heavy (non-hydrogen) atoms. The average molecular weight is 287 g/mol. The van der Waals surface area contributed by atoms with Crippen molar-refractivity contribution in [1.82, 2.24) is 0 Å². The second kappa shape index (κ2) is 5.68. The smallest absolute Gasteiger partial charge is 0.275 e. The van der Waals surface area contributed by atoms with Crippen LogP contribution in [0, 0.1) is 21.7 Å². The molecule has 1 aliphatic rings. The number of hydrogen-bond acceptors (Lipinski definition) is 5. The van der Waals surface area contributed by atoms with Gasteiger partial charge in [-0.1, -0.05) is 0 Å². The molecule has 0 radical (unpaired) electrons. The summed E-state index contributed by atoms with van der Waals surface area (Å²) < 4.78 is 33.3. The van der Waals surface area contributed by atoms with Crippen LogP contribution in [0.3, 0.4) is 0 Å². The lowest BCUT2D eigenvalue weighted by atomic mass is 10.1. The van der Waals surface area contributed by atoms with Crippen LogP contribution in [0.15, 0.2) is 12.1 Å². The Morgan fingerprint density at radius 3 is 2.60 bits per heavy atom. The molecule has 8 heteroatoms. The number of ether oxygens (including phenoxy) is 1. The zero-order valence-corrected chi connectivity index (χ0v) is 10.9. The zero-order chi connectivity index (χ0) is 14.9. The molecule has 110 valence electrons. The maximum Gasteiger partial charge on any atom is 0.275 e. The Kier molecular flexibility index (Phi) is 4.15. The summed E-state index contributed by atoms with van der Waals surface area (Å²) in [6.45, 7) is 2.58. The minimum atomic E-state index is -0.956. The highest BCUT2D eigenvalue weighted by atomic mass is 19.1. The van der Waals surface area contributed by atoms with Crippen LogP contribution in [0.2, 0.25) is 0 Å². The number of anilines is 1. The van der Waals surface area contributed by atoms with Crippen molar-refractivity contribution in [3.8, 4) is 0 Å². The predicted octanol–water partition coefficient (Wildman–Crippen LogP) is 1.43. The Hall–Kier alpha value is -1.80. The third kappa shape index (κ3) is 2.86. The molecule has 0 aliphatic carbocycles. The number of nitrogens with zero attached hydrogens (tertiary/aromatic N) is 2. The molecule has 1 aromatic rings. The fourth-order valence-electron chi connectivity index (χ4n) is 2.16. The van der Waals surface area contributed by atoms with E-state index in [4.69, 9.17) is 10.5 Å². The lowest BCUT2D eigenvalue weighted by Gasteiger charge is -2.36. The predicted molar refractivity (Wildman–Crippen MR) is 68.6 cm³/mol. The van der Waals surface area contributed by atoms with E-state index in [0.717, 1.165) is 12.1 Å². The molecule has 0 aromatic heterocycles. The number of nitrogens with two attached hydrogens (primary N) is 1. The molecule has 2 rings (SSSR count). The van der Waals surface area contributed by atoms with Crippen molar-refractivity contribution in [3.63, 3.8) is 0 Å². The number of halogens is 2. The van der Waals surface area contributed by atoms with Crippen molar-refractivity contribution in [2.24, 2.45) is 5.73 Å². The van der Waals surface area contributed by atoms with E-state index in [1.54, 1.807) is 6.92 Å². The van der Waals surface area contributed by atoms with Gasteiger partial charge in [0.15, 0.2) is 11.6 Å². The third-order valence-corrected chi connectivity index (χ3v) is 3.21. The van der Waals surface area contributed by atoms with Gasteiger partial charge in [0.05, 0.1) is 29.8 Å². The maximum absolute atomic E-state index is 13.9. The monoisotopic (exact) mass is 287 g/mol. The van der Waals surface area contributed by atoms with Crippen molar-refractivity contribution in [2.45, 2.75) is 19.1 Å². The fraction of sp³-hybridized carbons (Fsp3) is 0.500. The Morgan fingerprint density at radius 1 is 1.50 bits per heavy atom. The maximum atomic E-state index is 13.9. The molecule has 0 bridgehead atoms. The van der Waals surface area contributed by atoms with Gasteiger partial charge >= 0.3 is 0 Å². The summed E-state index contributed by atoms with van der Waals surface area (Å²) in [7, 11) is 0. The van der Waals surface area contributed by atoms with E-state index >= 15 is 0 Å². The number of rotatable bonds is 3. The Labute approximate surface area is 114 Å². The van der Waals surface area contributed by atoms with Crippen molar-refractivity contribution >= 4 is 11.4 Å². The van der Waals surface area contributed by atoms with Gasteiger partial charge in [0.1, 0.15) is 5.69 Å². The lowest BCUT2D eigenvalue weighted by Crippen LogP contribution is -2.50. The van der Waals surface area contributed by atoms with Crippen LogP contribution in [0.5, 0.6) is 0 Å². The second-order valence-electron chi connectivity index (χ2n) is 4.73. The third-order valence-electron chi connectivity index (χ3n) is 3.21. The summed E-state index contributed by atoms with van der Waals surface area (Å²) in [6.07, 6.45) is -0.335. The number of nitro benzene ring substituents is 1. The van der Waals surface area contributed by atoms with Crippen LogP contribution in [0.4, 0.5) is 20.2 Å². The van der Waals surface area contributed by atoms with Gasteiger partial charge in [-0.3, -0.25) is 10.1 Å². The van der Waals surface area contributed by atoms with Crippen molar-refractivity contribution < 1.29 is 18.4 Å². The first-order valence-electron chi connectivity index (χ1n) is 6.15. The minimum absolute atomic E-state index is 0.239. The summed E-state index contributed by atoms with van der Waals surface area (Å²) in [4.78, 5) is 11.2. The lowest BCUT2D eigenvalue weighted by molar-refractivity contribution is -0.385. The first-order chi connectivity index (χ1) is 9.40. The molecule has 1 fully saturated rings. The van der Waals surface area contributed by atoms with Crippen LogP contribution >= 0.6 is 0 Å². The molecular formula is C12H15F2N3O3. The van der Waals surface area contributed by atoms with Gasteiger partial charge in [0, 0.05) is 19.1 Å². The average Bonchev–Trinajstić information content (AvgIpc) is 2.38. The Morgan fingerprint density at radius 2 is 2.10 bits per heavy atom. The number of benzene rings is 1. The summed E-state index contributed by atoms with van der Waals surface area (Å²) >= 11 is 0. The van der Waals surface area contributed by atoms with E-state index in [2.05, 4.69) is 0 Å². The van der Waals surface area contributed by atoms with Crippen LogP contribution in [-0.4, -0.2) is 36.8 Å². The van der Waals surface area contributed by atoms with Gasteiger partial charge in [-0.15, -0.1) is 0 Å². The normalized spacial score (nSPS) is 20.8. The van der Waals surface area contributed by atoms with Crippen LogP contribution in [0.25, 0.3) is 0 Å². The van der Waals surface area contributed by atoms with E-state index in [-0.39, 0.29) is 24.4 Å². The Balaban J connectivity index is 2.30. The standard InChI is InChI=1S/C12H15F2N3O3/c1-7(15)11-6-16(2-3-20-11)12-9(13)4-8(17(18)19)5-10(12)14/h4-5,7,11H,2-3,6,15H2,1H3. The van der Waals surface area contributed by atoms with Crippen LogP contribution < -0.4 is 10.6 Å². The van der Waals surface area contributed by atoms with Crippen LogP contribution in [-0.2, 0) is 4.74 Å². The molecule has 2 N–H and O–H groups in total. The van der Waals surface area contributed by atoms with Gasteiger partial charge in [0.2, 0.25) is 0 Å². The number of hydrogen-bond donors (Lipinski definition) is 1. The SMILES string of the molecule is CC(N)C1CN(c2c(F)cc([N+](=O)[O-])cc2F)CCO1. The quantitative estimate of drug-likeness (QED) is 0.671. The molecule has 6 nitrogen and oxygen atoms in total. The highest BCUT2D eigenvalue weighted by molar-refractivity contribution is 5.54. The Bertz CT molecular complexity index is 502. The minimum Gasteiger partial charge on any atom is -0.373 e. The molecule has 1 heterocycles. The molecule has 1 aromatic carbocycles. The fourth-order valence-corrected chi connectivity index (χ4v) is 2.16. The van der Waals surface area contributed by atoms with E-state index < -0.39 is 22.2 Å². The molecule has 1 saturated heterocycles. The topological polar surface area (TPSA) is 81.6 Å². The van der Waals surface area contributed by atoms with Crippen molar-refractivity contribution in [2.75, 3.05) is 24.6 Å². The number of non-ortho nitro benzene ring substituents is 1. The molecule has 2 unspecified atom stereocenters. The first-order valence-corrected chi connectivity index (χ1v) is 6.15. The first kappa shape index (κ1) is 14.6. The van der Waals surface area contributed by atoms with Crippen molar-refractivity contribution in [3.05, 3.63) is 33.9 Å². The van der Waals surface area contributed by atoms with Gasteiger partial charge in [-0.25, -0.2) is 8.78 Å². The van der Waals surface area contributed by atoms with Crippen molar-refractivity contribution in [1.29, 1.82) is 0 Å². The van der Waals surface area contributed by atoms with Gasteiger partial charge in [0.25, 0.3) is 5.69 Å². The second-order valence-corrected chi connectivity index (χ2v) is 4.73. The van der Waals surface area contributed by atoms with Gasteiger partial charge < -0.3 is 15.4 Å². The zero-order valence-electron chi connectivity index (χ0n) is 10.9. The van der Waals surface area contributed by atoms with E-state index in [1.165, 1.54) is 4.90 Å².